The Morgan fingerprint density at radius 2 is 1.94 bits per heavy atom. The van der Waals surface area contributed by atoms with Gasteiger partial charge < -0.3 is 22.6 Å². The molecule has 103 valence electrons. The zero-order chi connectivity index (χ0) is 12.4. The Kier molecular flexibility index (Phi) is 19.1. The van der Waals surface area contributed by atoms with E-state index in [9.17, 15) is 14.4 Å². The normalized spacial score (nSPS) is 8.50. The van der Waals surface area contributed by atoms with Gasteiger partial charge in [0.25, 0.3) is 0 Å². The fourth-order valence-corrected chi connectivity index (χ4v) is 1.41. The molecule has 0 aromatic rings. The summed E-state index contributed by atoms with van der Waals surface area (Å²) < 4.78 is 4.79. The Labute approximate surface area is 136 Å². The molecular formula is C10H18NO5SY-. The summed E-state index contributed by atoms with van der Waals surface area (Å²) >= 11 is 1.16. The summed E-state index contributed by atoms with van der Waals surface area (Å²) in [7, 11) is 0. The van der Waals surface area contributed by atoms with Crippen molar-refractivity contribution in [2.45, 2.75) is 13.3 Å². The molecule has 0 spiro atoms. The first-order valence-corrected chi connectivity index (χ1v) is 5.87. The van der Waals surface area contributed by atoms with Crippen LogP contribution in [0.15, 0.2) is 0 Å². The molecule has 0 unspecified atom stereocenters. The molecule has 6 nitrogen and oxygen atoms in total. The molecule has 0 saturated heterocycles. The van der Waals surface area contributed by atoms with Crippen LogP contribution in [0, 0.1) is 7.43 Å². The van der Waals surface area contributed by atoms with Crippen LogP contribution in [0.4, 0.5) is 0 Å². The Bertz CT molecular complexity index is 239. The first kappa shape index (κ1) is 23.0. The minimum absolute atomic E-state index is 0. The number of nitrogens with one attached hydrogen (secondary N) is 1. The van der Waals surface area contributed by atoms with Gasteiger partial charge in [0.1, 0.15) is 6.61 Å². The van der Waals surface area contributed by atoms with E-state index in [0.717, 1.165) is 11.8 Å². The van der Waals surface area contributed by atoms with E-state index in [2.05, 4.69) is 5.32 Å². The quantitative estimate of drug-likeness (QED) is 0.371. The third kappa shape index (κ3) is 18.2. The summed E-state index contributed by atoms with van der Waals surface area (Å²) in [4.78, 5) is 31.6. The van der Waals surface area contributed by atoms with Crippen LogP contribution in [0.2, 0.25) is 0 Å². The van der Waals surface area contributed by atoms with Crippen LogP contribution in [0.1, 0.15) is 13.3 Å². The summed E-state index contributed by atoms with van der Waals surface area (Å²) in [6.07, 6.45) is 0.179. The average molecular weight is 353 g/mol. The van der Waals surface area contributed by atoms with Gasteiger partial charge in [-0.2, -0.15) is 0 Å². The third-order valence-electron chi connectivity index (χ3n) is 1.42. The number of hydrogen-bond acceptors (Lipinski definition) is 5. The SMILES string of the molecule is CC(=O)NCCOC(=O)CCSCC(=O)O.[CH3-].[Y]. The first-order chi connectivity index (χ1) is 7.52. The van der Waals surface area contributed by atoms with Crippen LogP contribution < -0.4 is 5.32 Å². The number of ether oxygens (including phenoxy) is 1. The van der Waals surface area contributed by atoms with Crippen LogP contribution >= 0.6 is 11.8 Å². The van der Waals surface area contributed by atoms with Crippen molar-refractivity contribution in [3.63, 3.8) is 0 Å². The van der Waals surface area contributed by atoms with Crippen molar-refractivity contribution in [3.05, 3.63) is 7.43 Å². The number of rotatable bonds is 8. The summed E-state index contributed by atoms with van der Waals surface area (Å²) in [5.74, 6) is -1.05. The number of hydrogen-bond donors (Lipinski definition) is 2. The van der Waals surface area contributed by atoms with Crippen molar-refractivity contribution >= 4 is 29.6 Å². The minimum atomic E-state index is -0.899. The molecule has 8 heteroatoms. The first-order valence-electron chi connectivity index (χ1n) is 4.72. The number of carboxylic acid groups (broad SMARTS) is 1. The Hall–Kier alpha value is -0.136. The Balaban J connectivity index is -0.00000112. The van der Waals surface area contributed by atoms with E-state index in [1.54, 1.807) is 0 Å². The molecule has 0 aliphatic carbocycles. The van der Waals surface area contributed by atoms with Crippen molar-refractivity contribution < 1.29 is 56.9 Å². The monoisotopic (exact) mass is 353 g/mol. The second-order valence-corrected chi connectivity index (χ2v) is 4.00. The zero-order valence-electron chi connectivity index (χ0n) is 10.6. The van der Waals surface area contributed by atoms with E-state index in [1.165, 1.54) is 6.92 Å². The van der Waals surface area contributed by atoms with Gasteiger partial charge in [-0.25, -0.2) is 0 Å². The molecule has 0 aliphatic heterocycles. The van der Waals surface area contributed by atoms with E-state index < -0.39 is 5.97 Å². The molecule has 0 atom stereocenters. The molecule has 18 heavy (non-hydrogen) atoms. The fraction of sp³-hybridized carbons (Fsp3) is 0.600. The van der Waals surface area contributed by atoms with Crippen molar-refractivity contribution in [2.24, 2.45) is 0 Å². The van der Waals surface area contributed by atoms with E-state index in [0.29, 0.717) is 12.3 Å². The molecule has 0 bridgehead atoms. The van der Waals surface area contributed by atoms with Crippen molar-refractivity contribution in [1.29, 1.82) is 0 Å². The topological polar surface area (TPSA) is 92.7 Å². The molecule has 0 rings (SSSR count). The van der Waals surface area contributed by atoms with Gasteiger partial charge in [0.15, 0.2) is 0 Å². The van der Waals surface area contributed by atoms with Gasteiger partial charge in [-0.15, -0.1) is 11.8 Å². The summed E-state index contributed by atoms with van der Waals surface area (Å²) in [6, 6.07) is 0. The smallest absolute Gasteiger partial charge is 0.313 e. The second-order valence-electron chi connectivity index (χ2n) is 2.90. The maximum atomic E-state index is 11.0. The Morgan fingerprint density at radius 3 is 2.44 bits per heavy atom. The molecule has 0 fully saturated rings. The van der Waals surface area contributed by atoms with Crippen LogP contribution in [-0.2, 0) is 51.8 Å². The van der Waals surface area contributed by atoms with Gasteiger partial charge in [0, 0.05) is 45.4 Å². The number of carbonyl (C=O) groups is 3. The van der Waals surface area contributed by atoms with Crippen molar-refractivity contribution in [3.8, 4) is 0 Å². The van der Waals surface area contributed by atoms with Crippen LogP contribution in [0.25, 0.3) is 0 Å². The van der Waals surface area contributed by atoms with E-state index >= 15 is 0 Å². The number of thioether (sulfide) groups is 1. The van der Waals surface area contributed by atoms with Crippen LogP contribution in [-0.4, -0.2) is 47.6 Å². The van der Waals surface area contributed by atoms with Gasteiger partial charge in [0.05, 0.1) is 18.7 Å². The molecule has 0 aromatic heterocycles. The maximum Gasteiger partial charge on any atom is 0.313 e. The number of carboxylic acids is 1. The largest absolute Gasteiger partial charge is 0.481 e. The third-order valence-corrected chi connectivity index (χ3v) is 2.36. The molecule has 1 radical (unpaired) electrons. The number of esters is 1. The maximum absolute atomic E-state index is 11.0. The van der Waals surface area contributed by atoms with E-state index in [-0.39, 0.29) is 70.8 Å². The van der Waals surface area contributed by atoms with Gasteiger partial charge in [-0.3, -0.25) is 14.4 Å². The average Bonchev–Trinajstić information content (AvgIpc) is 2.19. The van der Waals surface area contributed by atoms with Gasteiger partial charge >= 0.3 is 11.9 Å². The zero-order valence-corrected chi connectivity index (χ0v) is 14.3. The van der Waals surface area contributed by atoms with Gasteiger partial charge in [0.2, 0.25) is 5.91 Å². The van der Waals surface area contributed by atoms with Crippen molar-refractivity contribution in [2.75, 3.05) is 24.7 Å². The summed E-state index contributed by atoms with van der Waals surface area (Å²) in [6.45, 7) is 1.82. The summed E-state index contributed by atoms with van der Waals surface area (Å²) in [5.41, 5.74) is 0. The predicted octanol–water partition coefficient (Wildman–Crippen LogP) is 0.321. The van der Waals surface area contributed by atoms with Crippen LogP contribution in [0.5, 0.6) is 0 Å². The molecule has 2 N–H and O–H groups in total. The van der Waals surface area contributed by atoms with Gasteiger partial charge in [-0.1, -0.05) is 0 Å². The number of amides is 1. The van der Waals surface area contributed by atoms with Gasteiger partial charge in [-0.05, 0) is 0 Å². The molecule has 0 aliphatic rings. The number of carbonyl (C=O) groups excluding carboxylic acids is 2. The fourth-order valence-electron chi connectivity index (χ4n) is 0.779. The Morgan fingerprint density at radius 1 is 1.33 bits per heavy atom. The second kappa shape index (κ2) is 14.9. The van der Waals surface area contributed by atoms with Crippen LogP contribution in [0.3, 0.4) is 0 Å². The predicted molar refractivity (Wildman–Crippen MR) is 65.6 cm³/mol. The molecule has 1 amide bonds. The van der Waals surface area contributed by atoms with E-state index in [4.69, 9.17) is 9.84 Å². The minimum Gasteiger partial charge on any atom is -0.481 e. The molecule has 0 heterocycles. The molecular weight excluding hydrogens is 335 g/mol. The number of aliphatic carboxylic acids is 1. The molecule has 0 saturated carbocycles. The van der Waals surface area contributed by atoms with E-state index in [1.807, 2.05) is 0 Å². The summed E-state index contributed by atoms with van der Waals surface area (Å²) in [5, 5.41) is 10.8. The molecule has 0 aromatic carbocycles. The standard InChI is InChI=1S/C9H15NO5S.CH3.Y/c1-7(11)10-3-4-15-9(14)2-5-16-6-8(12)13;;/h2-6H2,1H3,(H,10,11)(H,12,13);1H3;/q;-1;. The van der Waals surface area contributed by atoms with Crippen molar-refractivity contribution in [1.82, 2.24) is 5.32 Å².